The van der Waals surface area contributed by atoms with Gasteiger partial charge in [0.05, 0.1) is 13.2 Å². The molecule has 0 saturated carbocycles. The maximum Gasteiger partial charge on any atom is 0.236 e. The first-order valence-electron chi connectivity index (χ1n) is 6.43. The van der Waals surface area contributed by atoms with Crippen molar-refractivity contribution < 1.29 is 9.53 Å². The van der Waals surface area contributed by atoms with Crippen LogP contribution in [-0.2, 0) is 9.53 Å². The highest BCUT2D eigenvalue weighted by Crippen LogP contribution is 2.07. The zero-order valence-electron chi connectivity index (χ0n) is 11.0. The van der Waals surface area contributed by atoms with Crippen molar-refractivity contribution in [3.05, 3.63) is 0 Å². The molecule has 0 aliphatic carbocycles. The third kappa shape index (κ3) is 5.48. The van der Waals surface area contributed by atoms with Crippen LogP contribution < -0.4 is 5.73 Å². The summed E-state index contributed by atoms with van der Waals surface area (Å²) >= 11 is 0. The molecule has 0 unspecified atom stereocenters. The van der Waals surface area contributed by atoms with E-state index in [1.807, 2.05) is 14.0 Å². The molecule has 0 aromatic carbocycles. The lowest BCUT2D eigenvalue weighted by Gasteiger charge is -2.30. The number of ether oxygens (including phenoxy) is 1. The van der Waals surface area contributed by atoms with E-state index in [2.05, 4.69) is 4.90 Å². The van der Waals surface area contributed by atoms with Crippen LogP contribution >= 0.6 is 0 Å². The van der Waals surface area contributed by atoms with Crippen LogP contribution in [0.2, 0.25) is 0 Å². The first-order chi connectivity index (χ1) is 8.13. The van der Waals surface area contributed by atoms with Gasteiger partial charge in [0.15, 0.2) is 0 Å². The van der Waals surface area contributed by atoms with E-state index in [9.17, 15) is 4.79 Å². The lowest BCUT2D eigenvalue weighted by Crippen LogP contribution is -2.45. The van der Waals surface area contributed by atoms with Gasteiger partial charge in [-0.2, -0.15) is 0 Å². The fourth-order valence-electron chi connectivity index (χ4n) is 1.89. The Morgan fingerprint density at radius 2 is 2.12 bits per heavy atom. The molecule has 0 spiro atoms. The van der Waals surface area contributed by atoms with Gasteiger partial charge in [-0.15, -0.1) is 0 Å². The smallest absolute Gasteiger partial charge is 0.236 e. The minimum Gasteiger partial charge on any atom is -0.380 e. The summed E-state index contributed by atoms with van der Waals surface area (Å²) in [5.74, 6) is 0.167. The van der Waals surface area contributed by atoms with Crippen LogP contribution in [0.15, 0.2) is 0 Å². The molecule has 0 radical (unpaired) electrons. The third-order valence-electron chi connectivity index (χ3n) is 3.19. The number of amides is 1. The van der Waals surface area contributed by atoms with E-state index in [0.717, 1.165) is 25.9 Å². The van der Waals surface area contributed by atoms with Crippen LogP contribution in [0.4, 0.5) is 0 Å². The Balaban J connectivity index is 2.19. The van der Waals surface area contributed by atoms with Crippen molar-refractivity contribution in [1.82, 2.24) is 9.80 Å². The van der Waals surface area contributed by atoms with Crippen molar-refractivity contribution >= 4 is 5.91 Å². The van der Waals surface area contributed by atoms with Gasteiger partial charge in [0.1, 0.15) is 0 Å². The molecule has 2 N–H and O–H groups in total. The number of likely N-dealkylation sites (N-methyl/N-ethyl adjacent to an activating group) is 1. The monoisotopic (exact) mass is 243 g/mol. The highest BCUT2D eigenvalue weighted by molar-refractivity contribution is 5.77. The Bertz CT molecular complexity index is 228. The second kappa shape index (κ2) is 7.63. The molecule has 100 valence electrons. The molecule has 1 heterocycles. The van der Waals surface area contributed by atoms with Crippen LogP contribution in [0.3, 0.4) is 0 Å². The maximum atomic E-state index is 11.9. The van der Waals surface area contributed by atoms with Gasteiger partial charge in [0, 0.05) is 39.3 Å². The fraction of sp³-hybridized carbons (Fsp3) is 0.917. The molecule has 17 heavy (non-hydrogen) atoms. The van der Waals surface area contributed by atoms with Crippen molar-refractivity contribution in [3.8, 4) is 0 Å². The number of likely N-dealkylation sites (tertiary alicyclic amines) is 1. The molecule has 0 aromatic heterocycles. The fourth-order valence-corrected chi connectivity index (χ4v) is 1.89. The Hall–Kier alpha value is -0.650. The second-order valence-corrected chi connectivity index (χ2v) is 4.63. The van der Waals surface area contributed by atoms with Crippen molar-refractivity contribution in [2.75, 3.05) is 46.4 Å². The largest absolute Gasteiger partial charge is 0.380 e. The number of hydrogen-bond donors (Lipinski definition) is 1. The van der Waals surface area contributed by atoms with Crippen molar-refractivity contribution in [2.45, 2.75) is 25.8 Å². The van der Waals surface area contributed by atoms with Crippen LogP contribution in [0.25, 0.3) is 0 Å². The Labute approximate surface area is 104 Å². The van der Waals surface area contributed by atoms with Gasteiger partial charge in [-0.05, 0) is 19.8 Å². The Morgan fingerprint density at radius 1 is 1.47 bits per heavy atom. The van der Waals surface area contributed by atoms with E-state index < -0.39 is 0 Å². The summed E-state index contributed by atoms with van der Waals surface area (Å²) in [6.07, 6.45) is 1.99. The van der Waals surface area contributed by atoms with Crippen LogP contribution in [0, 0.1) is 0 Å². The van der Waals surface area contributed by atoms with E-state index in [0.29, 0.717) is 32.3 Å². The first-order valence-corrected chi connectivity index (χ1v) is 6.43. The summed E-state index contributed by atoms with van der Waals surface area (Å²) in [5.41, 5.74) is 5.83. The number of nitrogens with two attached hydrogens (primary N) is 1. The number of rotatable bonds is 6. The molecule has 0 aromatic rings. The van der Waals surface area contributed by atoms with Crippen LogP contribution in [0.5, 0.6) is 0 Å². The van der Waals surface area contributed by atoms with Crippen molar-refractivity contribution in [2.24, 2.45) is 5.73 Å². The van der Waals surface area contributed by atoms with Gasteiger partial charge in [0.25, 0.3) is 0 Å². The average Bonchev–Trinajstić information content (AvgIpc) is 2.32. The quantitative estimate of drug-likeness (QED) is 0.662. The molecule has 1 fully saturated rings. The van der Waals surface area contributed by atoms with E-state index in [4.69, 9.17) is 10.5 Å². The number of piperidine rings is 1. The Morgan fingerprint density at radius 3 is 2.71 bits per heavy atom. The molecule has 0 bridgehead atoms. The lowest BCUT2D eigenvalue weighted by atomic mass is 10.1. The molecule has 0 atom stereocenters. The van der Waals surface area contributed by atoms with E-state index >= 15 is 0 Å². The predicted molar refractivity (Wildman–Crippen MR) is 67.8 cm³/mol. The first kappa shape index (κ1) is 14.4. The van der Waals surface area contributed by atoms with Crippen LogP contribution in [-0.4, -0.2) is 68.2 Å². The molecule has 5 nitrogen and oxygen atoms in total. The van der Waals surface area contributed by atoms with Gasteiger partial charge in [-0.3, -0.25) is 9.69 Å². The number of carbonyl (C=O) groups excluding carboxylic acids is 1. The van der Waals surface area contributed by atoms with Gasteiger partial charge in [-0.1, -0.05) is 0 Å². The average molecular weight is 243 g/mol. The highest BCUT2D eigenvalue weighted by atomic mass is 16.5. The predicted octanol–water partition coefficient (Wildman–Crippen LogP) is -0.0956. The standard InChI is InChI=1S/C12H25N3O2/c1-3-17-9-8-14(2)12(16)10-15-6-4-11(13)5-7-15/h11H,3-10,13H2,1-2H3. The van der Waals surface area contributed by atoms with E-state index in [-0.39, 0.29) is 5.91 Å². The summed E-state index contributed by atoms with van der Waals surface area (Å²) in [7, 11) is 1.83. The summed E-state index contributed by atoms with van der Waals surface area (Å²) in [6.45, 7) is 6.32. The maximum absolute atomic E-state index is 11.9. The normalized spacial score (nSPS) is 18.3. The minimum absolute atomic E-state index is 0.167. The Kier molecular flexibility index (Phi) is 6.47. The SMILES string of the molecule is CCOCCN(C)C(=O)CN1CCC(N)CC1. The molecular formula is C12H25N3O2. The highest BCUT2D eigenvalue weighted by Gasteiger charge is 2.19. The number of nitrogens with zero attached hydrogens (tertiary/aromatic N) is 2. The van der Waals surface area contributed by atoms with Gasteiger partial charge >= 0.3 is 0 Å². The lowest BCUT2D eigenvalue weighted by molar-refractivity contribution is -0.132. The van der Waals surface area contributed by atoms with E-state index in [1.165, 1.54) is 0 Å². The summed E-state index contributed by atoms with van der Waals surface area (Å²) < 4.78 is 5.23. The van der Waals surface area contributed by atoms with Crippen molar-refractivity contribution in [1.29, 1.82) is 0 Å². The zero-order chi connectivity index (χ0) is 12.7. The van der Waals surface area contributed by atoms with Gasteiger partial charge in [-0.25, -0.2) is 0 Å². The molecule has 1 saturated heterocycles. The number of hydrogen-bond acceptors (Lipinski definition) is 4. The van der Waals surface area contributed by atoms with Crippen LogP contribution in [0.1, 0.15) is 19.8 Å². The van der Waals surface area contributed by atoms with Gasteiger partial charge < -0.3 is 15.4 Å². The number of carbonyl (C=O) groups is 1. The summed E-state index contributed by atoms with van der Waals surface area (Å²) in [6, 6.07) is 0.317. The van der Waals surface area contributed by atoms with Crippen molar-refractivity contribution in [3.63, 3.8) is 0 Å². The topological polar surface area (TPSA) is 58.8 Å². The summed E-state index contributed by atoms with van der Waals surface area (Å²) in [5, 5.41) is 0. The van der Waals surface area contributed by atoms with Gasteiger partial charge in [0.2, 0.25) is 5.91 Å². The molecule has 1 aliphatic rings. The molecule has 5 heteroatoms. The summed E-state index contributed by atoms with van der Waals surface area (Å²) in [4.78, 5) is 15.8. The zero-order valence-corrected chi connectivity index (χ0v) is 11.0. The third-order valence-corrected chi connectivity index (χ3v) is 3.19. The molecular weight excluding hydrogens is 218 g/mol. The second-order valence-electron chi connectivity index (χ2n) is 4.63. The van der Waals surface area contributed by atoms with E-state index in [1.54, 1.807) is 4.90 Å². The minimum atomic E-state index is 0.167. The molecule has 1 rings (SSSR count). The molecule has 1 aliphatic heterocycles. The molecule has 1 amide bonds.